The molecule has 3 nitrogen and oxygen atoms in total. The molecule has 0 radical (unpaired) electrons. The SMILES string of the molecule is CCCC1(c2ccccc2)c2cc(Cl)ccc2NC(=O)N1CC(F)(F)F. The molecule has 1 unspecified atom stereocenters. The van der Waals surface area contributed by atoms with Crippen LogP contribution in [0.15, 0.2) is 48.5 Å². The van der Waals surface area contributed by atoms with Crippen molar-refractivity contribution in [2.75, 3.05) is 11.9 Å². The van der Waals surface area contributed by atoms with Crippen molar-refractivity contribution in [3.8, 4) is 0 Å². The number of hydrogen-bond donors (Lipinski definition) is 1. The molecule has 0 aliphatic carbocycles. The number of nitrogens with zero attached hydrogens (tertiary/aromatic N) is 1. The topological polar surface area (TPSA) is 32.3 Å². The molecule has 2 amide bonds. The van der Waals surface area contributed by atoms with Crippen LogP contribution < -0.4 is 5.32 Å². The lowest BCUT2D eigenvalue weighted by atomic mass is 9.76. The number of rotatable bonds is 4. The molecule has 1 aliphatic rings. The van der Waals surface area contributed by atoms with Gasteiger partial charge in [0.15, 0.2) is 0 Å². The molecule has 0 fully saturated rings. The minimum atomic E-state index is -4.53. The largest absolute Gasteiger partial charge is 0.406 e. The predicted molar refractivity (Wildman–Crippen MR) is 95.4 cm³/mol. The zero-order valence-corrected chi connectivity index (χ0v) is 14.9. The van der Waals surface area contributed by atoms with Gasteiger partial charge < -0.3 is 10.2 Å². The van der Waals surface area contributed by atoms with E-state index in [9.17, 15) is 18.0 Å². The fraction of sp³-hybridized carbons (Fsp3) is 0.316. The third kappa shape index (κ3) is 3.26. The molecular weight excluding hydrogens is 365 g/mol. The zero-order valence-electron chi connectivity index (χ0n) is 14.1. The van der Waals surface area contributed by atoms with Gasteiger partial charge in [0, 0.05) is 16.3 Å². The van der Waals surface area contributed by atoms with Crippen LogP contribution >= 0.6 is 11.6 Å². The Labute approximate surface area is 154 Å². The Morgan fingerprint density at radius 2 is 1.85 bits per heavy atom. The van der Waals surface area contributed by atoms with E-state index in [0.29, 0.717) is 34.7 Å². The number of carbonyl (C=O) groups excluding carboxylic acids is 1. The van der Waals surface area contributed by atoms with Crippen LogP contribution in [0.2, 0.25) is 5.02 Å². The molecule has 1 aliphatic heterocycles. The van der Waals surface area contributed by atoms with E-state index < -0.39 is 24.3 Å². The van der Waals surface area contributed by atoms with Gasteiger partial charge in [0.1, 0.15) is 6.54 Å². The summed E-state index contributed by atoms with van der Waals surface area (Å²) in [5, 5.41) is 2.98. The van der Waals surface area contributed by atoms with Gasteiger partial charge in [-0.15, -0.1) is 0 Å². The van der Waals surface area contributed by atoms with Gasteiger partial charge in [-0.1, -0.05) is 55.3 Å². The average molecular weight is 383 g/mol. The van der Waals surface area contributed by atoms with E-state index in [-0.39, 0.29) is 0 Å². The lowest BCUT2D eigenvalue weighted by molar-refractivity contribution is -0.149. The Hall–Kier alpha value is -2.21. The Bertz CT molecular complexity index is 810. The lowest BCUT2D eigenvalue weighted by Gasteiger charge is -2.48. The van der Waals surface area contributed by atoms with Gasteiger partial charge >= 0.3 is 12.2 Å². The van der Waals surface area contributed by atoms with Crippen LogP contribution in [0.25, 0.3) is 0 Å². The number of benzene rings is 2. The van der Waals surface area contributed by atoms with Gasteiger partial charge in [-0.05, 0) is 30.2 Å². The molecular formula is C19H18ClF3N2O. The van der Waals surface area contributed by atoms with Crippen LogP contribution in [0.4, 0.5) is 23.7 Å². The number of alkyl halides is 3. The second-order valence-electron chi connectivity index (χ2n) is 6.30. The molecule has 1 heterocycles. The van der Waals surface area contributed by atoms with Crippen LogP contribution in [0.1, 0.15) is 30.9 Å². The molecule has 0 bridgehead atoms. The summed E-state index contributed by atoms with van der Waals surface area (Å²) in [5.41, 5.74) is 0.440. The first-order valence-corrected chi connectivity index (χ1v) is 8.66. The fourth-order valence-corrected chi connectivity index (χ4v) is 3.83. The molecule has 1 N–H and O–H groups in total. The average Bonchev–Trinajstić information content (AvgIpc) is 2.58. The van der Waals surface area contributed by atoms with Gasteiger partial charge in [-0.25, -0.2) is 4.79 Å². The Kier molecular flexibility index (Phi) is 4.88. The maximum atomic E-state index is 13.3. The van der Waals surface area contributed by atoms with Crippen molar-refractivity contribution in [3.05, 3.63) is 64.7 Å². The van der Waals surface area contributed by atoms with Crippen molar-refractivity contribution in [3.63, 3.8) is 0 Å². The molecule has 3 rings (SSSR count). The summed E-state index contributed by atoms with van der Waals surface area (Å²) >= 11 is 6.16. The molecule has 0 aromatic heterocycles. The number of fused-ring (bicyclic) bond motifs is 1. The van der Waals surface area contributed by atoms with Crippen molar-refractivity contribution in [2.24, 2.45) is 0 Å². The second kappa shape index (κ2) is 6.83. The number of urea groups is 1. The fourth-order valence-electron chi connectivity index (χ4n) is 3.66. The maximum Gasteiger partial charge on any atom is 0.406 e. The van der Waals surface area contributed by atoms with Gasteiger partial charge in [-0.2, -0.15) is 13.2 Å². The summed E-state index contributed by atoms with van der Waals surface area (Å²) < 4.78 is 40.0. The zero-order chi connectivity index (χ0) is 18.9. The van der Waals surface area contributed by atoms with Gasteiger partial charge in [0.05, 0.1) is 5.54 Å². The van der Waals surface area contributed by atoms with Crippen LogP contribution in [0, 0.1) is 0 Å². The standard InChI is InChI=1S/C19H18ClF3N2O/c1-2-10-18(13-6-4-3-5-7-13)15-11-14(20)8-9-16(15)24-17(26)25(18)12-19(21,22)23/h3-9,11H,2,10,12H2,1H3,(H,24,26). The summed E-state index contributed by atoms with van der Waals surface area (Å²) in [4.78, 5) is 13.5. The van der Waals surface area contributed by atoms with Crippen molar-refractivity contribution in [1.82, 2.24) is 4.90 Å². The van der Waals surface area contributed by atoms with Crippen LogP contribution in [0.5, 0.6) is 0 Å². The molecule has 0 saturated carbocycles. The molecule has 26 heavy (non-hydrogen) atoms. The quantitative estimate of drug-likeness (QED) is 0.712. The molecule has 2 aromatic rings. The molecule has 7 heteroatoms. The van der Waals surface area contributed by atoms with Gasteiger partial charge in [0.2, 0.25) is 0 Å². The van der Waals surface area contributed by atoms with E-state index in [1.54, 1.807) is 48.5 Å². The number of halogens is 4. The highest BCUT2D eigenvalue weighted by Crippen LogP contribution is 2.48. The highest BCUT2D eigenvalue weighted by Gasteiger charge is 2.50. The van der Waals surface area contributed by atoms with E-state index in [0.717, 1.165) is 4.90 Å². The first-order valence-electron chi connectivity index (χ1n) is 8.29. The highest BCUT2D eigenvalue weighted by atomic mass is 35.5. The van der Waals surface area contributed by atoms with Crippen molar-refractivity contribution in [2.45, 2.75) is 31.5 Å². The summed E-state index contributed by atoms with van der Waals surface area (Å²) in [7, 11) is 0. The molecule has 0 saturated heterocycles. The van der Waals surface area contributed by atoms with Crippen molar-refractivity contribution >= 4 is 23.3 Å². The summed E-state index contributed by atoms with van der Waals surface area (Å²) in [6.45, 7) is 0.535. The van der Waals surface area contributed by atoms with E-state index in [1.807, 2.05) is 6.92 Å². The highest BCUT2D eigenvalue weighted by molar-refractivity contribution is 6.30. The Morgan fingerprint density at radius 3 is 2.46 bits per heavy atom. The monoisotopic (exact) mass is 382 g/mol. The first-order chi connectivity index (χ1) is 12.3. The van der Waals surface area contributed by atoms with Gasteiger partial charge in [0.25, 0.3) is 0 Å². The molecule has 1 atom stereocenters. The number of anilines is 1. The predicted octanol–water partition coefficient (Wildman–Crippen LogP) is 5.79. The van der Waals surface area contributed by atoms with E-state index in [2.05, 4.69) is 5.32 Å². The third-order valence-corrected chi connectivity index (χ3v) is 4.81. The smallest absolute Gasteiger partial charge is 0.307 e. The van der Waals surface area contributed by atoms with Crippen LogP contribution in [-0.4, -0.2) is 23.7 Å². The summed E-state index contributed by atoms with van der Waals surface area (Å²) in [6, 6.07) is 12.9. The maximum absolute atomic E-state index is 13.3. The van der Waals surface area contributed by atoms with Crippen molar-refractivity contribution < 1.29 is 18.0 Å². The summed E-state index contributed by atoms with van der Waals surface area (Å²) in [6.07, 6.45) is -3.60. The van der Waals surface area contributed by atoms with Crippen LogP contribution in [-0.2, 0) is 5.54 Å². The van der Waals surface area contributed by atoms with E-state index in [1.165, 1.54) is 0 Å². The first kappa shape index (κ1) is 18.6. The minimum absolute atomic E-state index is 0.341. The minimum Gasteiger partial charge on any atom is -0.307 e. The Morgan fingerprint density at radius 1 is 1.15 bits per heavy atom. The third-order valence-electron chi connectivity index (χ3n) is 4.58. The number of carbonyl (C=O) groups is 1. The number of amides is 2. The molecule has 138 valence electrons. The van der Waals surface area contributed by atoms with Crippen molar-refractivity contribution in [1.29, 1.82) is 0 Å². The Balaban J connectivity index is 2.31. The van der Waals surface area contributed by atoms with Gasteiger partial charge in [-0.3, -0.25) is 0 Å². The van der Waals surface area contributed by atoms with E-state index in [4.69, 9.17) is 11.6 Å². The summed E-state index contributed by atoms with van der Waals surface area (Å²) in [5.74, 6) is 0. The second-order valence-corrected chi connectivity index (χ2v) is 6.73. The number of nitrogens with one attached hydrogen (secondary N) is 1. The molecule has 2 aromatic carbocycles. The number of hydrogen-bond acceptors (Lipinski definition) is 1. The molecule has 0 spiro atoms. The van der Waals surface area contributed by atoms with E-state index >= 15 is 0 Å². The normalized spacial score (nSPS) is 19.9. The lowest BCUT2D eigenvalue weighted by Crippen LogP contribution is -2.58. The van der Waals surface area contributed by atoms with Crippen LogP contribution in [0.3, 0.4) is 0 Å².